The lowest BCUT2D eigenvalue weighted by Gasteiger charge is -2.33. The molecular weight excluding hydrogens is 467 g/mol. The summed E-state index contributed by atoms with van der Waals surface area (Å²) in [6, 6.07) is 9.33. The van der Waals surface area contributed by atoms with Crippen LogP contribution in [0.5, 0.6) is 5.75 Å². The fraction of sp³-hybridized carbons (Fsp3) is 0.393. The summed E-state index contributed by atoms with van der Waals surface area (Å²) in [7, 11) is 1.68. The molecular formula is C28H32ClFN2OS. The maximum absolute atomic E-state index is 14.5. The Bertz CT molecular complexity index is 1240. The lowest BCUT2D eigenvalue weighted by molar-refractivity contribution is 0.406. The molecule has 0 aliphatic heterocycles. The summed E-state index contributed by atoms with van der Waals surface area (Å²) in [6.07, 6.45) is 9.30. The molecule has 1 fully saturated rings. The quantitative estimate of drug-likeness (QED) is 0.357. The molecule has 0 spiro atoms. The molecule has 1 aliphatic rings. The molecule has 1 unspecified atom stereocenters. The van der Waals surface area contributed by atoms with Gasteiger partial charge in [0.05, 0.1) is 12.8 Å². The van der Waals surface area contributed by atoms with E-state index in [0.29, 0.717) is 16.5 Å². The number of nitrogens with zero attached hydrogens (tertiary/aromatic N) is 1. The monoisotopic (exact) mass is 498 g/mol. The molecule has 1 heterocycles. The Hall–Kier alpha value is -2.39. The second-order valence-corrected chi connectivity index (χ2v) is 10.5. The van der Waals surface area contributed by atoms with Gasteiger partial charge in [0.15, 0.2) is 0 Å². The van der Waals surface area contributed by atoms with Gasteiger partial charge in [0.1, 0.15) is 22.1 Å². The van der Waals surface area contributed by atoms with E-state index in [0.717, 1.165) is 57.8 Å². The molecule has 0 bridgehead atoms. The van der Waals surface area contributed by atoms with Crippen molar-refractivity contribution in [2.45, 2.75) is 58.4 Å². The Morgan fingerprint density at radius 3 is 2.56 bits per heavy atom. The highest BCUT2D eigenvalue weighted by Gasteiger charge is 2.43. The summed E-state index contributed by atoms with van der Waals surface area (Å²) in [5.41, 5.74) is 11.5. The predicted molar refractivity (Wildman–Crippen MR) is 141 cm³/mol. The van der Waals surface area contributed by atoms with Crippen LogP contribution in [0.1, 0.15) is 57.3 Å². The average Bonchev–Trinajstić information content (AvgIpc) is 3.54. The number of terminal acetylenes is 1. The zero-order chi connectivity index (χ0) is 23.9. The fourth-order valence-corrected chi connectivity index (χ4v) is 5.70. The lowest BCUT2D eigenvalue weighted by atomic mass is 9.76. The van der Waals surface area contributed by atoms with Crippen LogP contribution in [0.25, 0.3) is 11.3 Å². The predicted octanol–water partition coefficient (Wildman–Crippen LogP) is 6.98. The number of aromatic nitrogens is 1. The maximum Gasteiger partial charge on any atom is 0.136 e. The molecule has 2 aromatic carbocycles. The summed E-state index contributed by atoms with van der Waals surface area (Å²) >= 11 is 1.54. The van der Waals surface area contributed by atoms with Gasteiger partial charge in [-0.25, -0.2) is 9.37 Å². The number of ether oxygens (including phenoxy) is 1. The van der Waals surface area contributed by atoms with E-state index in [1.54, 1.807) is 24.5 Å². The molecule has 0 amide bonds. The second kappa shape index (κ2) is 10.1. The van der Waals surface area contributed by atoms with E-state index in [2.05, 4.69) is 25.8 Å². The van der Waals surface area contributed by atoms with Crippen LogP contribution in [0.4, 0.5) is 4.39 Å². The minimum atomic E-state index is -1.12. The smallest absolute Gasteiger partial charge is 0.136 e. The Kier molecular flexibility index (Phi) is 7.77. The fourth-order valence-electron chi connectivity index (χ4n) is 4.65. The van der Waals surface area contributed by atoms with Crippen molar-refractivity contribution in [2.75, 3.05) is 7.11 Å². The maximum atomic E-state index is 14.5. The molecule has 1 aromatic heterocycles. The Balaban J connectivity index is 0.00000324. The van der Waals surface area contributed by atoms with Crippen molar-refractivity contribution in [1.29, 1.82) is 0 Å². The highest BCUT2D eigenvalue weighted by molar-refractivity contribution is 7.12. The molecule has 4 rings (SSSR count). The molecule has 0 radical (unpaired) electrons. The number of halogens is 2. The third-order valence-corrected chi connectivity index (χ3v) is 8.01. The molecule has 6 heteroatoms. The van der Waals surface area contributed by atoms with Gasteiger partial charge in [-0.3, -0.25) is 0 Å². The molecule has 34 heavy (non-hydrogen) atoms. The van der Waals surface area contributed by atoms with Crippen LogP contribution in [0.15, 0.2) is 30.3 Å². The standard InChI is InChI=1S/C28H31FN2OS.ClH/c1-7-28(30,23(15-20-11-12-20)21-9-8-10-24(29)18(21)4)27-31-26(19(5)33-27)22-13-17(3)25(32-6)14-16(22)2;/h1,8-10,13-14,20,23H,11-12,15,30H2,2-6H3;1H/t23-,28?;/m0./s1. The third-order valence-electron chi connectivity index (χ3n) is 6.89. The zero-order valence-corrected chi connectivity index (χ0v) is 22.0. The highest BCUT2D eigenvalue weighted by Crippen LogP contribution is 2.48. The van der Waals surface area contributed by atoms with E-state index in [1.165, 1.54) is 6.07 Å². The number of benzene rings is 2. The number of aryl methyl sites for hydroxylation is 3. The van der Waals surface area contributed by atoms with Gasteiger partial charge in [-0.1, -0.05) is 30.9 Å². The molecule has 3 nitrogen and oxygen atoms in total. The number of rotatable bonds is 7. The highest BCUT2D eigenvalue weighted by atomic mass is 35.5. The van der Waals surface area contributed by atoms with E-state index in [9.17, 15) is 4.39 Å². The summed E-state index contributed by atoms with van der Waals surface area (Å²) in [4.78, 5) is 6.08. The number of thiazole rings is 1. The third kappa shape index (κ3) is 4.73. The van der Waals surface area contributed by atoms with Gasteiger partial charge in [-0.15, -0.1) is 30.2 Å². The first kappa shape index (κ1) is 26.2. The van der Waals surface area contributed by atoms with Crippen molar-refractivity contribution >= 4 is 23.7 Å². The van der Waals surface area contributed by atoms with Crippen molar-refractivity contribution in [2.24, 2.45) is 11.7 Å². The van der Waals surface area contributed by atoms with Gasteiger partial charge in [0, 0.05) is 16.4 Å². The van der Waals surface area contributed by atoms with E-state index in [-0.39, 0.29) is 24.1 Å². The zero-order valence-electron chi connectivity index (χ0n) is 20.4. The lowest BCUT2D eigenvalue weighted by Crippen LogP contribution is -2.42. The largest absolute Gasteiger partial charge is 0.496 e. The summed E-state index contributed by atoms with van der Waals surface area (Å²) in [5.74, 6) is 3.88. The van der Waals surface area contributed by atoms with Crippen molar-refractivity contribution in [3.05, 3.63) is 68.3 Å². The van der Waals surface area contributed by atoms with Gasteiger partial charge in [-0.2, -0.15) is 0 Å². The van der Waals surface area contributed by atoms with Crippen molar-refractivity contribution < 1.29 is 9.13 Å². The first-order valence-corrected chi connectivity index (χ1v) is 12.2. The van der Waals surface area contributed by atoms with Gasteiger partial charge in [0.25, 0.3) is 0 Å². The van der Waals surface area contributed by atoms with E-state index < -0.39 is 5.54 Å². The van der Waals surface area contributed by atoms with Crippen LogP contribution in [0.3, 0.4) is 0 Å². The van der Waals surface area contributed by atoms with Crippen LogP contribution < -0.4 is 10.5 Å². The van der Waals surface area contributed by atoms with Crippen LogP contribution >= 0.6 is 23.7 Å². The summed E-state index contributed by atoms with van der Waals surface area (Å²) < 4.78 is 20.0. The van der Waals surface area contributed by atoms with Crippen molar-refractivity contribution in [3.63, 3.8) is 0 Å². The average molecular weight is 499 g/mol. The van der Waals surface area contributed by atoms with Crippen LogP contribution in [-0.2, 0) is 5.54 Å². The minimum Gasteiger partial charge on any atom is -0.496 e. The SMILES string of the molecule is C#CC(N)(c1nc(-c2cc(C)c(OC)cc2C)c(C)s1)[C@@H](CC1CC1)c1cccc(F)c1C.Cl. The molecule has 3 aromatic rings. The summed E-state index contributed by atoms with van der Waals surface area (Å²) in [6.45, 7) is 7.94. The van der Waals surface area contributed by atoms with Crippen LogP contribution in [-0.4, -0.2) is 12.1 Å². The van der Waals surface area contributed by atoms with E-state index in [1.807, 2.05) is 26.0 Å². The van der Waals surface area contributed by atoms with Crippen molar-refractivity contribution in [3.8, 4) is 29.4 Å². The normalized spacial score (nSPS) is 15.7. The summed E-state index contributed by atoms with van der Waals surface area (Å²) in [5, 5.41) is 0.708. The first-order chi connectivity index (χ1) is 15.7. The van der Waals surface area contributed by atoms with Gasteiger partial charge in [0.2, 0.25) is 0 Å². The van der Waals surface area contributed by atoms with Crippen LogP contribution in [0.2, 0.25) is 0 Å². The molecule has 2 atom stereocenters. The van der Waals surface area contributed by atoms with Crippen LogP contribution in [0, 0.1) is 51.8 Å². The number of hydrogen-bond donors (Lipinski definition) is 1. The Morgan fingerprint density at radius 1 is 1.24 bits per heavy atom. The molecule has 1 aliphatic carbocycles. The minimum absolute atomic E-state index is 0. The number of hydrogen-bond acceptors (Lipinski definition) is 4. The molecule has 180 valence electrons. The molecule has 0 saturated heterocycles. The Labute approximate surface area is 212 Å². The van der Waals surface area contributed by atoms with E-state index in [4.69, 9.17) is 21.9 Å². The van der Waals surface area contributed by atoms with Gasteiger partial charge >= 0.3 is 0 Å². The number of methoxy groups -OCH3 is 1. The Morgan fingerprint density at radius 2 is 1.94 bits per heavy atom. The van der Waals surface area contributed by atoms with E-state index >= 15 is 0 Å². The number of nitrogens with two attached hydrogens (primary N) is 1. The molecule has 1 saturated carbocycles. The van der Waals surface area contributed by atoms with Gasteiger partial charge < -0.3 is 10.5 Å². The van der Waals surface area contributed by atoms with Crippen molar-refractivity contribution in [1.82, 2.24) is 4.98 Å². The topological polar surface area (TPSA) is 48.1 Å². The second-order valence-electron chi connectivity index (χ2n) is 9.26. The van der Waals surface area contributed by atoms with Gasteiger partial charge in [-0.05, 0) is 80.5 Å². The molecule has 2 N–H and O–H groups in total. The first-order valence-electron chi connectivity index (χ1n) is 11.3.